The third-order valence-electron chi connectivity index (χ3n) is 5.61. The molecule has 176 valence electrons. The summed E-state index contributed by atoms with van der Waals surface area (Å²) in [7, 11) is -3.43. The number of nitrogens with two attached hydrogens (primary N) is 1. The Morgan fingerprint density at radius 2 is 1.74 bits per heavy atom. The van der Waals surface area contributed by atoms with Crippen LogP contribution in [-0.2, 0) is 10.0 Å². The average Bonchev–Trinajstić information content (AvgIpc) is 2.85. The summed E-state index contributed by atoms with van der Waals surface area (Å²) in [5.74, 6) is 2.02. The molecule has 9 nitrogen and oxygen atoms in total. The lowest BCUT2D eigenvalue weighted by Crippen LogP contribution is -2.41. The van der Waals surface area contributed by atoms with Gasteiger partial charge in [-0.05, 0) is 49.2 Å². The van der Waals surface area contributed by atoms with Gasteiger partial charge in [0.1, 0.15) is 29.5 Å². The van der Waals surface area contributed by atoms with Crippen LogP contribution in [0.3, 0.4) is 0 Å². The van der Waals surface area contributed by atoms with Gasteiger partial charge in [-0.15, -0.1) is 0 Å². The van der Waals surface area contributed by atoms with Gasteiger partial charge in [0.05, 0.1) is 11.3 Å². The van der Waals surface area contributed by atoms with Crippen LogP contribution in [0.25, 0.3) is 0 Å². The average molecular weight is 479 g/mol. The van der Waals surface area contributed by atoms with Crippen LogP contribution in [0, 0.1) is 5.41 Å². The van der Waals surface area contributed by atoms with E-state index in [4.69, 9.17) is 15.9 Å². The number of para-hydroxylation sites is 1. The quantitative estimate of drug-likeness (QED) is 0.421. The maximum absolute atomic E-state index is 12.0. The van der Waals surface area contributed by atoms with Crippen molar-refractivity contribution in [1.82, 2.24) is 14.3 Å². The normalized spacial score (nSPS) is 14.9. The van der Waals surface area contributed by atoms with E-state index >= 15 is 0 Å². The number of anilines is 2. The number of benzene rings is 2. The second-order valence-electron chi connectivity index (χ2n) is 7.83. The highest BCUT2D eigenvalue weighted by Gasteiger charge is 2.27. The molecule has 1 aliphatic rings. The second kappa shape index (κ2) is 10.0. The number of nitrogens with one attached hydrogen (secondary N) is 2. The smallest absolute Gasteiger partial charge is 0.235 e. The highest BCUT2D eigenvalue weighted by Crippen LogP contribution is 2.27. The second-order valence-corrected chi connectivity index (χ2v) is 9.71. The summed E-state index contributed by atoms with van der Waals surface area (Å²) < 4.78 is 31.2. The molecule has 0 atom stereocenters. The zero-order valence-electron chi connectivity index (χ0n) is 18.5. The van der Waals surface area contributed by atoms with Crippen LogP contribution < -0.4 is 15.8 Å². The van der Waals surface area contributed by atoms with Crippen molar-refractivity contribution < 1.29 is 13.2 Å². The molecule has 0 radical (unpaired) electrons. The fraction of sp³-hybridized carbons (Fsp3) is 0.208. The first-order valence-electron chi connectivity index (χ1n) is 10.8. The molecule has 0 aliphatic carbocycles. The summed E-state index contributed by atoms with van der Waals surface area (Å²) in [5.41, 5.74) is 7.36. The van der Waals surface area contributed by atoms with Crippen molar-refractivity contribution in [2.75, 3.05) is 24.1 Å². The van der Waals surface area contributed by atoms with Crippen molar-refractivity contribution in [2.24, 2.45) is 0 Å². The minimum absolute atomic E-state index is 0.0150. The summed E-state index contributed by atoms with van der Waals surface area (Å²) in [6, 6.07) is 16.6. The first kappa shape index (κ1) is 23.4. The van der Waals surface area contributed by atoms with E-state index in [2.05, 4.69) is 21.9 Å². The maximum Gasteiger partial charge on any atom is 0.235 e. The van der Waals surface area contributed by atoms with Gasteiger partial charge in [-0.1, -0.05) is 24.8 Å². The standard InChI is InChI=1S/C24H26N6O3S/c1-2-34(31,32)30-14-12-18(13-15-30)29-24-21(23(26)27-16-28-24)22(25)17-8-10-20(11-9-17)33-19-6-4-3-5-7-19/h2-11,16,18,25H,1,12-15H2,(H3,26,27,28,29). The van der Waals surface area contributed by atoms with E-state index in [0.29, 0.717) is 48.6 Å². The zero-order valence-corrected chi connectivity index (χ0v) is 19.3. The summed E-state index contributed by atoms with van der Waals surface area (Å²) in [6.07, 6.45) is 2.53. The van der Waals surface area contributed by atoms with Crippen molar-refractivity contribution in [1.29, 1.82) is 5.41 Å². The molecule has 0 bridgehead atoms. The fourth-order valence-corrected chi connectivity index (χ4v) is 4.70. The molecular formula is C24H26N6O3S. The predicted molar refractivity (Wildman–Crippen MR) is 133 cm³/mol. The Labute approximate surface area is 198 Å². The van der Waals surface area contributed by atoms with Crippen molar-refractivity contribution >= 4 is 27.4 Å². The van der Waals surface area contributed by atoms with Crippen molar-refractivity contribution in [3.8, 4) is 11.5 Å². The summed E-state index contributed by atoms with van der Waals surface area (Å²) in [4.78, 5) is 8.39. The van der Waals surface area contributed by atoms with E-state index in [9.17, 15) is 8.42 Å². The van der Waals surface area contributed by atoms with E-state index in [0.717, 1.165) is 11.2 Å². The van der Waals surface area contributed by atoms with Gasteiger partial charge in [0.25, 0.3) is 0 Å². The van der Waals surface area contributed by atoms with Gasteiger partial charge >= 0.3 is 0 Å². The Kier molecular flexibility index (Phi) is 6.90. The Morgan fingerprint density at radius 1 is 1.09 bits per heavy atom. The van der Waals surface area contributed by atoms with Gasteiger partial charge in [0.2, 0.25) is 10.0 Å². The molecule has 1 aromatic heterocycles. The van der Waals surface area contributed by atoms with Crippen LogP contribution in [-0.4, -0.2) is 47.5 Å². The molecule has 1 saturated heterocycles. The molecule has 10 heteroatoms. The minimum Gasteiger partial charge on any atom is -0.457 e. The number of piperidine rings is 1. The lowest BCUT2D eigenvalue weighted by molar-refractivity contribution is 0.333. The predicted octanol–water partition coefficient (Wildman–Crippen LogP) is 3.62. The number of nitrogen functional groups attached to an aromatic ring is 1. The van der Waals surface area contributed by atoms with Crippen LogP contribution in [0.15, 0.2) is 72.9 Å². The molecule has 0 saturated carbocycles. The first-order valence-corrected chi connectivity index (χ1v) is 12.3. The van der Waals surface area contributed by atoms with Gasteiger partial charge < -0.3 is 15.8 Å². The van der Waals surface area contributed by atoms with E-state index in [1.807, 2.05) is 30.3 Å². The van der Waals surface area contributed by atoms with Gasteiger partial charge in [0.15, 0.2) is 0 Å². The van der Waals surface area contributed by atoms with Crippen molar-refractivity contribution in [3.05, 3.63) is 84.0 Å². The molecule has 0 spiro atoms. The number of nitrogens with zero attached hydrogens (tertiary/aromatic N) is 3. The van der Waals surface area contributed by atoms with E-state index in [1.54, 1.807) is 24.3 Å². The first-order chi connectivity index (χ1) is 16.4. The highest BCUT2D eigenvalue weighted by molar-refractivity contribution is 7.92. The monoisotopic (exact) mass is 478 g/mol. The molecule has 3 aromatic rings. The molecule has 2 aromatic carbocycles. The molecular weight excluding hydrogens is 452 g/mol. The van der Waals surface area contributed by atoms with E-state index < -0.39 is 10.0 Å². The molecule has 0 unspecified atom stereocenters. The molecule has 1 fully saturated rings. The zero-order chi connectivity index (χ0) is 24.1. The third-order valence-corrected chi connectivity index (χ3v) is 7.12. The topological polar surface area (TPSA) is 134 Å². The molecule has 4 rings (SSSR count). The Hall–Kier alpha value is -3.76. The number of ether oxygens (including phenoxy) is 1. The SMILES string of the molecule is C=CS(=O)(=O)N1CCC(Nc2ncnc(N)c2C(=N)c2ccc(Oc3ccccc3)cc2)CC1. The maximum atomic E-state index is 12.0. The van der Waals surface area contributed by atoms with E-state index in [1.165, 1.54) is 10.6 Å². The van der Waals surface area contributed by atoms with Crippen LogP contribution in [0.2, 0.25) is 0 Å². The summed E-state index contributed by atoms with van der Waals surface area (Å²) >= 11 is 0. The highest BCUT2D eigenvalue weighted by atomic mass is 32.2. The molecule has 34 heavy (non-hydrogen) atoms. The van der Waals surface area contributed by atoms with Gasteiger partial charge in [0, 0.05) is 30.1 Å². The summed E-state index contributed by atoms with van der Waals surface area (Å²) in [6.45, 7) is 4.14. The number of hydrogen-bond donors (Lipinski definition) is 3. The number of hydrogen-bond acceptors (Lipinski definition) is 8. The Balaban J connectivity index is 1.48. The number of aromatic nitrogens is 2. The van der Waals surface area contributed by atoms with Gasteiger partial charge in [-0.2, -0.15) is 4.31 Å². The molecule has 4 N–H and O–H groups in total. The number of rotatable bonds is 8. The van der Waals surface area contributed by atoms with Crippen LogP contribution in [0.4, 0.5) is 11.6 Å². The Morgan fingerprint density at radius 3 is 2.38 bits per heavy atom. The van der Waals surface area contributed by atoms with Crippen molar-refractivity contribution in [2.45, 2.75) is 18.9 Å². The van der Waals surface area contributed by atoms with Crippen LogP contribution in [0.1, 0.15) is 24.0 Å². The molecule has 1 aliphatic heterocycles. The molecule has 2 heterocycles. The van der Waals surface area contributed by atoms with Gasteiger partial charge in [-0.25, -0.2) is 18.4 Å². The lowest BCUT2D eigenvalue weighted by Gasteiger charge is -2.31. The third kappa shape index (κ3) is 5.24. The van der Waals surface area contributed by atoms with E-state index in [-0.39, 0.29) is 17.6 Å². The summed E-state index contributed by atoms with van der Waals surface area (Å²) in [5, 5.41) is 13.1. The minimum atomic E-state index is -3.43. The van der Waals surface area contributed by atoms with Crippen LogP contribution in [0.5, 0.6) is 11.5 Å². The van der Waals surface area contributed by atoms with Crippen LogP contribution >= 0.6 is 0 Å². The largest absolute Gasteiger partial charge is 0.457 e. The van der Waals surface area contributed by atoms with Gasteiger partial charge in [-0.3, -0.25) is 5.41 Å². The number of sulfonamides is 1. The Bertz CT molecular complexity index is 1270. The van der Waals surface area contributed by atoms with Crippen molar-refractivity contribution in [3.63, 3.8) is 0 Å². The molecule has 0 amide bonds. The lowest BCUT2D eigenvalue weighted by atomic mass is 10.0. The fourth-order valence-electron chi connectivity index (χ4n) is 3.77.